The Hall–Kier alpha value is -1.64. The molecule has 0 spiro atoms. The van der Waals surface area contributed by atoms with Gasteiger partial charge in [0.15, 0.2) is 0 Å². The van der Waals surface area contributed by atoms with Crippen LogP contribution in [-0.4, -0.2) is 12.0 Å². The van der Waals surface area contributed by atoms with Crippen LogP contribution in [0.25, 0.3) is 10.9 Å². The largest absolute Gasteiger partial charge is 0.387 e. The molecule has 1 aromatic carbocycles. The highest BCUT2D eigenvalue weighted by Gasteiger charge is 2.10. The minimum Gasteiger partial charge on any atom is -0.387 e. The maximum absolute atomic E-state index is 13.5. The van der Waals surface area contributed by atoms with Crippen molar-refractivity contribution in [2.24, 2.45) is 0 Å². The van der Waals surface area contributed by atoms with Crippen LogP contribution in [0.5, 0.6) is 0 Å². The van der Waals surface area contributed by atoms with Gasteiger partial charge >= 0.3 is 0 Å². The van der Waals surface area contributed by atoms with Crippen LogP contribution in [0.2, 0.25) is 0 Å². The van der Waals surface area contributed by atoms with Crippen LogP contribution in [0.1, 0.15) is 16.8 Å². The Bertz CT molecular complexity index is 556. The third kappa shape index (κ3) is 1.52. The van der Waals surface area contributed by atoms with Crippen LogP contribution in [0.15, 0.2) is 12.1 Å². The first-order chi connectivity index (χ1) is 7.54. The van der Waals surface area contributed by atoms with E-state index in [2.05, 4.69) is 10.3 Å². The SMILES string of the molecule is CNc1c(C)c(C)nc2cc(F)c(C)cc12. The van der Waals surface area contributed by atoms with Crippen molar-refractivity contribution in [2.45, 2.75) is 20.8 Å². The summed E-state index contributed by atoms with van der Waals surface area (Å²) in [6, 6.07) is 3.34. The maximum atomic E-state index is 13.5. The lowest BCUT2D eigenvalue weighted by molar-refractivity contribution is 0.620. The van der Waals surface area contributed by atoms with Crippen molar-refractivity contribution < 1.29 is 4.39 Å². The fourth-order valence-corrected chi connectivity index (χ4v) is 1.93. The van der Waals surface area contributed by atoms with Crippen LogP contribution >= 0.6 is 0 Å². The molecule has 0 aliphatic heterocycles. The smallest absolute Gasteiger partial charge is 0.128 e. The number of benzene rings is 1. The summed E-state index contributed by atoms with van der Waals surface area (Å²) in [6.07, 6.45) is 0. The van der Waals surface area contributed by atoms with Gasteiger partial charge in [-0.05, 0) is 38.0 Å². The second kappa shape index (κ2) is 3.74. The number of hydrogen-bond donors (Lipinski definition) is 1. The highest BCUT2D eigenvalue weighted by Crippen LogP contribution is 2.29. The highest BCUT2D eigenvalue weighted by molar-refractivity contribution is 5.93. The second-order valence-corrected chi connectivity index (χ2v) is 4.07. The quantitative estimate of drug-likeness (QED) is 0.794. The molecule has 2 aromatic rings. The number of anilines is 1. The topological polar surface area (TPSA) is 24.9 Å². The first-order valence-corrected chi connectivity index (χ1v) is 5.29. The number of hydrogen-bond acceptors (Lipinski definition) is 2. The number of nitrogens with zero attached hydrogens (tertiary/aromatic N) is 1. The molecule has 0 fully saturated rings. The van der Waals surface area contributed by atoms with Gasteiger partial charge in [0.1, 0.15) is 5.82 Å². The van der Waals surface area contributed by atoms with E-state index in [1.54, 1.807) is 6.92 Å². The first kappa shape index (κ1) is 10.9. The van der Waals surface area contributed by atoms with Gasteiger partial charge in [0, 0.05) is 29.9 Å². The molecule has 1 aromatic heterocycles. The fraction of sp³-hybridized carbons (Fsp3) is 0.308. The molecule has 2 rings (SSSR count). The van der Waals surface area contributed by atoms with Crippen LogP contribution in [0.3, 0.4) is 0 Å². The van der Waals surface area contributed by atoms with Crippen molar-refractivity contribution in [2.75, 3.05) is 12.4 Å². The molecule has 3 heteroatoms. The van der Waals surface area contributed by atoms with Gasteiger partial charge in [-0.3, -0.25) is 4.98 Å². The maximum Gasteiger partial charge on any atom is 0.128 e. The van der Waals surface area contributed by atoms with Gasteiger partial charge in [-0.15, -0.1) is 0 Å². The van der Waals surface area contributed by atoms with Crippen molar-refractivity contribution in [3.63, 3.8) is 0 Å². The molecule has 84 valence electrons. The number of fused-ring (bicyclic) bond motifs is 1. The van der Waals surface area contributed by atoms with Gasteiger partial charge in [-0.1, -0.05) is 0 Å². The molecule has 1 N–H and O–H groups in total. The van der Waals surface area contributed by atoms with E-state index in [0.717, 1.165) is 22.3 Å². The van der Waals surface area contributed by atoms with Crippen molar-refractivity contribution in [3.05, 3.63) is 34.8 Å². The molecule has 0 amide bonds. The molecule has 0 saturated carbocycles. The molecule has 0 unspecified atom stereocenters. The predicted molar refractivity (Wildman–Crippen MR) is 65.5 cm³/mol. The lowest BCUT2D eigenvalue weighted by Gasteiger charge is -2.12. The van der Waals surface area contributed by atoms with Gasteiger partial charge in [0.05, 0.1) is 5.52 Å². The van der Waals surface area contributed by atoms with Crippen LogP contribution in [0.4, 0.5) is 10.1 Å². The molecule has 0 bridgehead atoms. The summed E-state index contributed by atoms with van der Waals surface area (Å²) in [4.78, 5) is 4.41. The van der Waals surface area contributed by atoms with Crippen LogP contribution < -0.4 is 5.32 Å². The predicted octanol–water partition coefficient (Wildman–Crippen LogP) is 3.34. The summed E-state index contributed by atoms with van der Waals surface area (Å²) in [7, 11) is 1.87. The Balaban J connectivity index is 2.91. The summed E-state index contributed by atoms with van der Waals surface area (Å²) in [6.45, 7) is 5.73. The fourth-order valence-electron chi connectivity index (χ4n) is 1.93. The number of rotatable bonds is 1. The van der Waals surface area contributed by atoms with E-state index in [9.17, 15) is 4.39 Å². The summed E-state index contributed by atoms with van der Waals surface area (Å²) >= 11 is 0. The van der Waals surface area contributed by atoms with Gasteiger partial charge in [-0.2, -0.15) is 0 Å². The number of halogens is 1. The summed E-state index contributed by atoms with van der Waals surface area (Å²) in [5, 5.41) is 4.14. The Morgan fingerprint density at radius 3 is 2.50 bits per heavy atom. The van der Waals surface area contributed by atoms with Crippen molar-refractivity contribution in [1.29, 1.82) is 0 Å². The van der Waals surface area contributed by atoms with Crippen molar-refractivity contribution in [1.82, 2.24) is 4.98 Å². The van der Waals surface area contributed by atoms with Gasteiger partial charge in [0.2, 0.25) is 0 Å². The third-order valence-electron chi connectivity index (χ3n) is 3.00. The lowest BCUT2D eigenvalue weighted by Crippen LogP contribution is -1.99. The number of nitrogens with one attached hydrogen (secondary N) is 1. The summed E-state index contributed by atoms with van der Waals surface area (Å²) < 4.78 is 13.5. The van der Waals surface area contributed by atoms with E-state index in [0.29, 0.717) is 11.1 Å². The van der Waals surface area contributed by atoms with E-state index in [-0.39, 0.29) is 5.82 Å². The van der Waals surface area contributed by atoms with E-state index in [4.69, 9.17) is 0 Å². The first-order valence-electron chi connectivity index (χ1n) is 5.29. The highest BCUT2D eigenvalue weighted by atomic mass is 19.1. The molecule has 1 heterocycles. The van der Waals surface area contributed by atoms with Gasteiger partial charge in [-0.25, -0.2) is 4.39 Å². The van der Waals surface area contributed by atoms with Crippen LogP contribution in [0, 0.1) is 26.6 Å². The minimum absolute atomic E-state index is 0.203. The number of aromatic nitrogens is 1. The third-order valence-corrected chi connectivity index (χ3v) is 3.00. The normalized spacial score (nSPS) is 10.8. The molecule has 2 nitrogen and oxygen atoms in total. The Morgan fingerprint density at radius 2 is 1.88 bits per heavy atom. The van der Waals surface area contributed by atoms with Crippen molar-refractivity contribution in [3.8, 4) is 0 Å². The zero-order valence-corrected chi connectivity index (χ0v) is 9.98. The van der Waals surface area contributed by atoms with Crippen molar-refractivity contribution >= 4 is 16.6 Å². The zero-order valence-electron chi connectivity index (χ0n) is 9.98. The molecule has 0 atom stereocenters. The van der Waals surface area contributed by atoms with Gasteiger partial charge < -0.3 is 5.32 Å². The van der Waals surface area contributed by atoms with E-state index < -0.39 is 0 Å². The second-order valence-electron chi connectivity index (χ2n) is 4.07. The molecule has 16 heavy (non-hydrogen) atoms. The summed E-state index contributed by atoms with van der Waals surface area (Å²) in [5.74, 6) is -0.203. The zero-order chi connectivity index (χ0) is 11.9. The Morgan fingerprint density at radius 1 is 1.19 bits per heavy atom. The Labute approximate surface area is 94.5 Å². The number of pyridine rings is 1. The molecule has 0 aliphatic carbocycles. The van der Waals surface area contributed by atoms with E-state index >= 15 is 0 Å². The molecular formula is C13H15FN2. The average molecular weight is 218 g/mol. The molecule has 0 saturated heterocycles. The minimum atomic E-state index is -0.203. The van der Waals surface area contributed by atoms with Crippen LogP contribution in [-0.2, 0) is 0 Å². The molecule has 0 aliphatic rings. The Kier molecular flexibility index (Phi) is 2.54. The average Bonchev–Trinajstić information content (AvgIpc) is 2.24. The monoisotopic (exact) mass is 218 g/mol. The standard InChI is InChI=1S/C13H15FN2/c1-7-5-10-12(6-11(7)14)16-9(3)8(2)13(10)15-4/h5-6H,1-4H3,(H,15,16). The molecule has 0 radical (unpaired) electrons. The summed E-state index contributed by atoms with van der Waals surface area (Å²) in [5.41, 5.74) is 4.43. The van der Waals surface area contributed by atoms with E-state index in [1.165, 1.54) is 6.07 Å². The van der Waals surface area contributed by atoms with E-state index in [1.807, 2.05) is 27.0 Å². The van der Waals surface area contributed by atoms with Gasteiger partial charge in [0.25, 0.3) is 0 Å². The number of aryl methyl sites for hydroxylation is 2. The lowest BCUT2D eigenvalue weighted by atomic mass is 10.0. The molecular weight excluding hydrogens is 203 g/mol.